The molecule has 0 bridgehead atoms. The zero-order valence-corrected chi connectivity index (χ0v) is 23.7. The molecule has 10 heteroatoms. The fourth-order valence-electron chi connectivity index (χ4n) is 6.91. The Balaban J connectivity index is 1.34. The van der Waals surface area contributed by atoms with Crippen LogP contribution in [-0.2, 0) is 33.8 Å². The van der Waals surface area contributed by atoms with Crippen molar-refractivity contribution in [1.29, 1.82) is 0 Å². The van der Waals surface area contributed by atoms with Crippen LogP contribution in [0.4, 0.5) is 0 Å². The van der Waals surface area contributed by atoms with Crippen LogP contribution < -0.4 is 5.73 Å². The molecule has 6 rings (SSSR count). The van der Waals surface area contributed by atoms with Gasteiger partial charge in [-0.15, -0.1) is 0 Å². The van der Waals surface area contributed by atoms with Gasteiger partial charge in [-0.2, -0.15) is 0 Å². The first kappa shape index (κ1) is 28.5. The van der Waals surface area contributed by atoms with Crippen LogP contribution >= 0.6 is 11.6 Å². The number of Topliss-reactive ketones (excluding diaryl/α,β-unsaturated/α-hetero) is 2. The summed E-state index contributed by atoms with van der Waals surface area (Å²) >= 11 is 6.95. The van der Waals surface area contributed by atoms with Crippen molar-refractivity contribution in [3.63, 3.8) is 0 Å². The van der Waals surface area contributed by atoms with Gasteiger partial charge in [0.2, 0.25) is 5.78 Å². The normalized spacial score (nSPS) is 25.4. The topological polar surface area (TPSA) is 161 Å². The molecule has 2 saturated carbocycles. The van der Waals surface area contributed by atoms with E-state index < -0.39 is 52.0 Å². The Morgan fingerprint density at radius 2 is 1.81 bits per heavy atom. The SMILES string of the molecule is NC(=O)C1=C(O)[C@@]2(O)C(=O)C3=C(O)c4c(O)cc(CN(CCc5ccccc5)CC5CC5)c(Cl)c4CC3C[C@H]2CC1=O. The average Bonchev–Trinajstić information content (AvgIpc) is 3.76. The summed E-state index contributed by atoms with van der Waals surface area (Å²) in [6.07, 6.45) is 3.11. The van der Waals surface area contributed by atoms with E-state index in [9.17, 15) is 34.8 Å². The lowest BCUT2D eigenvalue weighted by Crippen LogP contribution is -2.58. The molecule has 0 spiro atoms. The molecule has 9 nitrogen and oxygen atoms in total. The van der Waals surface area contributed by atoms with Gasteiger partial charge in [-0.3, -0.25) is 19.3 Å². The summed E-state index contributed by atoms with van der Waals surface area (Å²) < 4.78 is 0. The van der Waals surface area contributed by atoms with E-state index >= 15 is 0 Å². The number of carbonyl (C=O) groups excluding carboxylic acids is 3. The first-order chi connectivity index (χ1) is 20.0. The smallest absolute Gasteiger partial charge is 0.255 e. The highest BCUT2D eigenvalue weighted by Gasteiger charge is 2.60. The number of carbonyl (C=O) groups is 3. The van der Waals surface area contributed by atoms with Crippen LogP contribution in [0.15, 0.2) is 53.3 Å². The first-order valence-electron chi connectivity index (χ1n) is 14.3. The van der Waals surface area contributed by atoms with Crippen LogP contribution in [0.1, 0.15) is 47.9 Å². The van der Waals surface area contributed by atoms with E-state index in [1.165, 1.54) is 24.5 Å². The van der Waals surface area contributed by atoms with Crippen molar-refractivity contribution in [1.82, 2.24) is 4.90 Å². The van der Waals surface area contributed by atoms with Crippen molar-refractivity contribution in [2.75, 3.05) is 13.1 Å². The van der Waals surface area contributed by atoms with Crippen molar-refractivity contribution in [3.8, 4) is 5.75 Å². The van der Waals surface area contributed by atoms with Crippen LogP contribution in [-0.4, -0.2) is 61.5 Å². The standard InChI is InChI=1S/C32H33ClN2O7/c33-27-19(15-35(14-17-6-7-17)9-8-16-4-2-1-3-5-16)12-22(36)25-21(27)11-18-10-20-13-23(37)26(31(34)41)30(40)32(20,42)29(39)24(18)28(25)38/h1-5,12,17-18,20,36,38,40,42H,6-11,13-15H2,(H2,34,41)/t18?,20-,32-/m0/s1. The molecule has 1 amide bonds. The number of nitrogens with zero attached hydrogens (tertiary/aromatic N) is 1. The third-order valence-electron chi connectivity index (χ3n) is 9.24. The maximum Gasteiger partial charge on any atom is 0.255 e. The molecule has 0 radical (unpaired) electrons. The largest absolute Gasteiger partial charge is 0.508 e. The number of aliphatic hydroxyl groups excluding tert-OH is 2. The second-order valence-corrected chi connectivity index (χ2v) is 12.4. The summed E-state index contributed by atoms with van der Waals surface area (Å²) in [6.45, 7) is 2.21. The molecule has 0 aromatic heterocycles. The number of hydrogen-bond donors (Lipinski definition) is 5. The number of halogens is 1. The van der Waals surface area contributed by atoms with Crippen molar-refractivity contribution < 1.29 is 34.8 Å². The molecule has 6 N–H and O–H groups in total. The predicted octanol–water partition coefficient (Wildman–Crippen LogP) is 3.53. The van der Waals surface area contributed by atoms with Crippen LogP contribution in [0, 0.1) is 17.8 Å². The number of phenols is 1. The molecule has 0 heterocycles. The Hall–Kier alpha value is -3.66. The lowest BCUT2D eigenvalue weighted by molar-refractivity contribution is -0.147. The Morgan fingerprint density at radius 3 is 2.48 bits per heavy atom. The molecule has 0 saturated heterocycles. The second kappa shape index (κ2) is 10.6. The fraction of sp³-hybridized carbons (Fsp3) is 0.406. The molecule has 2 aromatic carbocycles. The molecule has 2 aromatic rings. The maximum atomic E-state index is 13.7. The van der Waals surface area contributed by atoms with Gasteiger partial charge in [0.1, 0.15) is 22.8 Å². The van der Waals surface area contributed by atoms with Crippen LogP contribution in [0.5, 0.6) is 5.75 Å². The van der Waals surface area contributed by atoms with Crippen LogP contribution in [0.2, 0.25) is 5.02 Å². The summed E-state index contributed by atoms with van der Waals surface area (Å²) in [6, 6.07) is 11.7. The van der Waals surface area contributed by atoms with E-state index in [1.807, 2.05) is 18.2 Å². The minimum Gasteiger partial charge on any atom is -0.508 e. The number of primary amides is 1. The molecule has 42 heavy (non-hydrogen) atoms. The number of amides is 1. The van der Waals surface area contributed by atoms with Crippen LogP contribution in [0.25, 0.3) is 5.76 Å². The van der Waals surface area contributed by atoms with Gasteiger partial charge < -0.3 is 26.2 Å². The van der Waals surface area contributed by atoms with Gasteiger partial charge in [0, 0.05) is 42.6 Å². The lowest BCUT2D eigenvalue weighted by Gasteiger charge is -2.46. The van der Waals surface area contributed by atoms with E-state index in [4.69, 9.17) is 17.3 Å². The Morgan fingerprint density at radius 1 is 1.10 bits per heavy atom. The highest BCUT2D eigenvalue weighted by Crippen LogP contribution is 2.53. The van der Waals surface area contributed by atoms with Crippen molar-refractivity contribution >= 4 is 34.8 Å². The first-order valence-corrected chi connectivity index (χ1v) is 14.6. The van der Waals surface area contributed by atoms with Crippen molar-refractivity contribution in [3.05, 3.63) is 80.6 Å². The predicted molar refractivity (Wildman–Crippen MR) is 155 cm³/mol. The summed E-state index contributed by atoms with van der Waals surface area (Å²) in [7, 11) is 0. The Labute approximate surface area is 247 Å². The third kappa shape index (κ3) is 4.69. The fourth-order valence-corrected chi connectivity index (χ4v) is 7.20. The average molecular weight is 593 g/mol. The monoisotopic (exact) mass is 592 g/mol. The number of aliphatic hydroxyl groups is 3. The van der Waals surface area contributed by atoms with Gasteiger partial charge >= 0.3 is 0 Å². The summed E-state index contributed by atoms with van der Waals surface area (Å²) in [5, 5.41) is 44.9. The number of fused-ring (bicyclic) bond motifs is 3. The van der Waals surface area contributed by atoms with E-state index in [0.717, 1.165) is 19.5 Å². The molecule has 0 aliphatic heterocycles. The van der Waals surface area contributed by atoms with Crippen molar-refractivity contribution in [2.45, 2.75) is 50.7 Å². The molecule has 1 unspecified atom stereocenters. The molecule has 2 fully saturated rings. The quantitative estimate of drug-likeness (QED) is 0.291. The third-order valence-corrected chi connectivity index (χ3v) is 9.71. The number of hydrogen-bond acceptors (Lipinski definition) is 8. The minimum atomic E-state index is -2.59. The molecule has 220 valence electrons. The van der Waals surface area contributed by atoms with E-state index in [0.29, 0.717) is 28.6 Å². The van der Waals surface area contributed by atoms with E-state index in [1.54, 1.807) is 0 Å². The molecular formula is C32H33ClN2O7. The highest BCUT2D eigenvalue weighted by molar-refractivity contribution is 6.32. The van der Waals surface area contributed by atoms with Gasteiger partial charge in [-0.25, -0.2) is 0 Å². The maximum absolute atomic E-state index is 13.7. The number of rotatable bonds is 8. The van der Waals surface area contributed by atoms with Gasteiger partial charge in [-0.05, 0) is 66.7 Å². The van der Waals surface area contributed by atoms with E-state index in [-0.39, 0.29) is 36.1 Å². The molecular weight excluding hydrogens is 560 g/mol. The Kier molecular flexibility index (Phi) is 7.15. The minimum absolute atomic E-state index is 0.00825. The summed E-state index contributed by atoms with van der Waals surface area (Å²) in [5.74, 6) is -5.91. The van der Waals surface area contributed by atoms with Gasteiger partial charge in [0.05, 0.1) is 5.56 Å². The lowest BCUT2D eigenvalue weighted by atomic mass is 9.59. The number of ketones is 2. The Bertz CT molecular complexity index is 1560. The van der Waals surface area contributed by atoms with Gasteiger partial charge in [0.15, 0.2) is 11.4 Å². The number of aromatic hydroxyl groups is 1. The number of nitrogens with two attached hydrogens (primary N) is 1. The highest BCUT2D eigenvalue weighted by atomic mass is 35.5. The summed E-state index contributed by atoms with van der Waals surface area (Å²) in [4.78, 5) is 40.4. The molecule has 3 atom stereocenters. The molecule has 4 aliphatic rings. The number of phenolic OH excluding ortho intramolecular Hbond substituents is 1. The zero-order valence-electron chi connectivity index (χ0n) is 23.0. The number of benzene rings is 2. The molecule has 4 aliphatic carbocycles. The van der Waals surface area contributed by atoms with Gasteiger partial charge in [0.25, 0.3) is 5.91 Å². The zero-order chi connectivity index (χ0) is 29.9. The van der Waals surface area contributed by atoms with Gasteiger partial charge in [-0.1, -0.05) is 41.9 Å². The second-order valence-electron chi connectivity index (χ2n) is 12.0. The van der Waals surface area contributed by atoms with Crippen LogP contribution in [0.3, 0.4) is 0 Å². The summed E-state index contributed by atoms with van der Waals surface area (Å²) in [5.41, 5.74) is 4.11. The van der Waals surface area contributed by atoms with E-state index in [2.05, 4.69) is 17.0 Å². The van der Waals surface area contributed by atoms with Crippen molar-refractivity contribution in [2.24, 2.45) is 23.5 Å².